The van der Waals surface area contributed by atoms with E-state index in [1.165, 1.54) is 12.0 Å². The van der Waals surface area contributed by atoms with Crippen molar-refractivity contribution in [2.45, 2.75) is 33.6 Å². The zero-order chi connectivity index (χ0) is 13.1. The Balaban J connectivity index is 2.07. The van der Waals surface area contributed by atoms with E-state index in [0.29, 0.717) is 17.7 Å². The Labute approximate surface area is 111 Å². The molecule has 1 aliphatic carbocycles. The Bertz CT molecular complexity index is 405. The van der Waals surface area contributed by atoms with Crippen LogP contribution in [0.5, 0.6) is 0 Å². The summed E-state index contributed by atoms with van der Waals surface area (Å²) in [6, 6.07) is 0. The molecule has 1 fully saturated rings. The quantitative estimate of drug-likeness (QED) is 0.551. The summed E-state index contributed by atoms with van der Waals surface area (Å²) in [5.41, 5.74) is 2.36. The summed E-state index contributed by atoms with van der Waals surface area (Å²) >= 11 is 0. The highest BCUT2D eigenvalue weighted by atomic mass is 15.2. The molecule has 0 spiro atoms. The molecule has 2 aliphatic rings. The Kier molecular flexibility index (Phi) is 4.05. The van der Waals surface area contributed by atoms with Crippen molar-refractivity contribution in [2.75, 3.05) is 13.1 Å². The number of likely N-dealkylation sites (tertiary alicyclic amines) is 1. The molecule has 2 atom stereocenters. The predicted octanol–water partition coefficient (Wildman–Crippen LogP) is 3.77. The van der Waals surface area contributed by atoms with E-state index in [1.54, 1.807) is 0 Å². The number of nitrogens with zero attached hydrogens (tertiary/aromatic N) is 1. The van der Waals surface area contributed by atoms with E-state index in [0.717, 1.165) is 25.1 Å². The molecule has 0 bridgehead atoms. The minimum absolute atomic E-state index is 0.698. The highest BCUT2D eigenvalue weighted by Gasteiger charge is 2.24. The number of rotatable bonds is 1. The van der Waals surface area contributed by atoms with Crippen LogP contribution in [-0.2, 0) is 0 Å². The summed E-state index contributed by atoms with van der Waals surface area (Å²) in [7, 11) is 0. The molecule has 0 radical (unpaired) electrons. The zero-order valence-electron chi connectivity index (χ0n) is 11.7. The molecule has 1 aliphatic heterocycles. The molecule has 2 rings (SSSR count). The van der Waals surface area contributed by atoms with Crippen molar-refractivity contribution < 1.29 is 0 Å². The van der Waals surface area contributed by atoms with Gasteiger partial charge in [-0.3, -0.25) is 5.41 Å². The van der Waals surface area contributed by atoms with Crippen LogP contribution in [-0.4, -0.2) is 23.8 Å². The Hall–Kier alpha value is -1.31. The summed E-state index contributed by atoms with van der Waals surface area (Å²) < 4.78 is 0. The van der Waals surface area contributed by atoms with Gasteiger partial charge in [-0.1, -0.05) is 43.7 Å². The summed E-state index contributed by atoms with van der Waals surface area (Å²) in [6.07, 6.45) is 10.8. The third-order valence-electron chi connectivity index (χ3n) is 3.76. The lowest BCUT2D eigenvalue weighted by Gasteiger charge is -2.36. The molecule has 1 saturated heterocycles. The predicted molar refractivity (Wildman–Crippen MR) is 77.8 cm³/mol. The number of nitrogens with one attached hydrogen (secondary N) is 1. The van der Waals surface area contributed by atoms with Gasteiger partial charge in [-0.2, -0.15) is 0 Å². The van der Waals surface area contributed by atoms with Gasteiger partial charge >= 0.3 is 0 Å². The maximum absolute atomic E-state index is 8.40. The second-order valence-corrected chi connectivity index (χ2v) is 5.88. The van der Waals surface area contributed by atoms with Crippen LogP contribution < -0.4 is 0 Å². The first-order chi connectivity index (χ1) is 8.56. The lowest BCUT2D eigenvalue weighted by Crippen LogP contribution is -2.42. The minimum atomic E-state index is 0.698. The maximum Gasteiger partial charge on any atom is 0.127 e. The molecule has 0 saturated carbocycles. The molecule has 2 nitrogen and oxygen atoms in total. The molecule has 1 heterocycles. The first kappa shape index (κ1) is 13.1. The minimum Gasteiger partial charge on any atom is -0.356 e. The van der Waals surface area contributed by atoms with Crippen LogP contribution in [0.4, 0.5) is 0 Å². The molecule has 0 aromatic carbocycles. The summed E-state index contributed by atoms with van der Waals surface area (Å²) in [6.45, 7) is 8.75. The van der Waals surface area contributed by atoms with Crippen molar-refractivity contribution >= 4 is 5.84 Å². The van der Waals surface area contributed by atoms with Gasteiger partial charge in [0.25, 0.3) is 0 Å². The topological polar surface area (TPSA) is 27.1 Å². The van der Waals surface area contributed by atoms with Gasteiger partial charge in [-0.05, 0) is 31.6 Å². The summed E-state index contributed by atoms with van der Waals surface area (Å²) in [4.78, 5) is 2.25. The van der Waals surface area contributed by atoms with Crippen molar-refractivity contribution in [1.29, 1.82) is 5.41 Å². The molecule has 18 heavy (non-hydrogen) atoms. The van der Waals surface area contributed by atoms with Crippen LogP contribution in [0, 0.1) is 17.2 Å². The third kappa shape index (κ3) is 3.12. The van der Waals surface area contributed by atoms with E-state index >= 15 is 0 Å². The number of piperidine rings is 1. The van der Waals surface area contributed by atoms with Gasteiger partial charge in [-0.15, -0.1) is 0 Å². The average molecular weight is 244 g/mol. The first-order valence-corrected chi connectivity index (χ1v) is 6.95. The number of allylic oxidation sites excluding steroid dienone is 4. The third-order valence-corrected chi connectivity index (χ3v) is 3.76. The molecule has 2 heteroatoms. The molecule has 0 aromatic rings. The Morgan fingerprint density at radius 2 is 1.83 bits per heavy atom. The summed E-state index contributed by atoms with van der Waals surface area (Å²) in [5.74, 6) is 2.10. The van der Waals surface area contributed by atoms with E-state index in [4.69, 9.17) is 5.41 Å². The SMILES string of the molecule is CC1=CCC=C(C(=N)N2CC(C)CC(C)C2)C=C1. The van der Waals surface area contributed by atoms with Crippen molar-refractivity contribution in [3.63, 3.8) is 0 Å². The van der Waals surface area contributed by atoms with Crippen LogP contribution in [0.3, 0.4) is 0 Å². The van der Waals surface area contributed by atoms with E-state index in [1.807, 2.05) is 0 Å². The fourth-order valence-electron chi connectivity index (χ4n) is 2.93. The second-order valence-electron chi connectivity index (χ2n) is 5.88. The second kappa shape index (κ2) is 5.55. The van der Waals surface area contributed by atoms with Gasteiger partial charge in [0.05, 0.1) is 0 Å². The highest BCUT2D eigenvalue weighted by molar-refractivity contribution is 5.98. The monoisotopic (exact) mass is 244 g/mol. The average Bonchev–Trinajstić information content (AvgIpc) is 2.52. The smallest absolute Gasteiger partial charge is 0.127 e. The van der Waals surface area contributed by atoms with Gasteiger partial charge < -0.3 is 4.90 Å². The maximum atomic E-state index is 8.40. The normalized spacial score (nSPS) is 28.5. The number of hydrogen-bond donors (Lipinski definition) is 1. The zero-order valence-corrected chi connectivity index (χ0v) is 11.7. The Morgan fingerprint density at radius 3 is 2.50 bits per heavy atom. The van der Waals surface area contributed by atoms with E-state index in [2.05, 4.69) is 50.0 Å². The van der Waals surface area contributed by atoms with Crippen LogP contribution in [0.1, 0.15) is 33.6 Å². The standard InChI is InChI=1S/C16H24N2/c1-12-5-4-6-15(8-7-12)16(17)18-10-13(2)9-14(3)11-18/h5-8,13-14,17H,4,9-11H2,1-3H3. The fraction of sp³-hybridized carbons (Fsp3) is 0.562. The molecule has 2 unspecified atom stereocenters. The van der Waals surface area contributed by atoms with Crippen molar-refractivity contribution in [3.05, 3.63) is 35.5 Å². The van der Waals surface area contributed by atoms with E-state index in [9.17, 15) is 0 Å². The van der Waals surface area contributed by atoms with Gasteiger partial charge in [0.1, 0.15) is 5.84 Å². The molecular weight excluding hydrogens is 220 g/mol. The Morgan fingerprint density at radius 1 is 1.17 bits per heavy atom. The highest BCUT2D eigenvalue weighted by Crippen LogP contribution is 2.23. The van der Waals surface area contributed by atoms with Gasteiger partial charge in [0, 0.05) is 18.7 Å². The fourth-order valence-corrected chi connectivity index (χ4v) is 2.93. The molecule has 0 amide bonds. The molecule has 98 valence electrons. The van der Waals surface area contributed by atoms with Crippen LogP contribution >= 0.6 is 0 Å². The molecular formula is C16H24N2. The summed E-state index contributed by atoms with van der Waals surface area (Å²) in [5, 5.41) is 8.40. The number of hydrogen-bond acceptors (Lipinski definition) is 1. The lowest BCUT2D eigenvalue weighted by atomic mass is 9.91. The van der Waals surface area contributed by atoms with Crippen LogP contribution in [0.25, 0.3) is 0 Å². The number of amidine groups is 1. The van der Waals surface area contributed by atoms with E-state index in [-0.39, 0.29) is 0 Å². The van der Waals surface area contributed by atoms with Gasteiger partial charge in [0.15, 0.2) is 0 Å². The lowest BCUT2D eigenvalue weighted by molar-refractivity contribution is 0.213. The molecule has 1 N–H and O–H groups in total. The van der Waals surface area contributed by atoms with E-state index < -0.39 is 0 Å². The van der Waals surface area contributed by atoms with Gasteiger partial charge in [-0.25, -0.2) is 0 Å². The first-order valence-electron chi connectivity index (χ1n) is 6.95. The van der Waals surface area contributed by atoms with Crippen LogP contribution in [0.15, 0.2) is 35.5 Å². The van der Waals surface area contributed by atoms with Crippen molar-refractivity contribution in [3.8, 4) is 0 Å². The largest absolute Gasteiger partial charge is 0.356 e. The van der Waals surface area contributed by atoms with Crippen LogP contribution in [0.2, 0.25) is 0 Å². The van der Waals surface area contributed by atoms with Crippen molar-refractivity contribution in [2.24, 2.45) is 11.8 Å². The van der Waals surface area contributed by atoms with Crippen molar-refractivity contribution in [1.82, 2.24) is 4.90 Å². The van der Waals surface area contributed by atoms with Gasteiger partial charge in [0.2, 0.25) is 0 Å². The molecule has 0 aromatic heterocycles.